The Balaban J connectivity index is 4.16. The molecule has 576 valence electrons. The van der Waals surface area contributed by atoms with Crippen molar-refractivity contribution in [1.82, 2.24) is 0 Å². The second-order valence-corrected chi connectivity index (χ2v) is 27.2. The van der Waals surface area contributed by atoms with Gasteiger partial charge in [-0.05, 0) is 161 Å². The highest BCUT2D eigenvalue weighted by atomic mass is 16.7. The second kappa shape index (κ2) is 81.0. The maximum Gasteiger partial charge on any atom is 0.306 e. The molecule has 0 saturated carbocycles. The quantitative estimate of drug-likeness (QED) is 0.0195. The first-order valence-corrected chi connectivity index (χ1v) is 40.5. The Bertz CT molecular complexity index is 2560. The Morgan fingerprint density at radius 3 is 0.777 bits per heavy atom. The summed E-state index contributed by atoms with van der Waals surface area (Å²) in [4.78, 5) is 37.6. The molecule has 103 heavy (non-hydrogen) atoms. The molecular formula is C94H147NO8. The Morgan fingerprint density at radius 2 is 0.524 bits per heavy atom. The molecule has 0 saturated heterocycles. The average Bonchev–Trinajstić information content (AvgIpc) is 0.985. The molecule has 9 nitrogen and oxygen atoms in total. The summed E-state index contributed by atoms with van der Waals surface area (Å²) < 4.78 is 22.8. The van der Waals surface area contributed by atoms with Crippen molar-refractivity contribution in [3.05, 3.63) is 231 Å². The van der Waals surface area contributed by atoms with Crippen LogP contribution in [0.5, 0.6) is 0 Å². The number of carbonyl (C=O) groups excluding carboxylic acids is 3. The van der Waals surface area contributed by atoms with Crippen LogP contribution in [0.15, 0.2) is 231 Å². The van der Waals surface area contributed by atoms with Gasteiger partial charge in [0.05, 0.1) is 40.3 Å². The molecule has 0 aliphatic rings. The predicted molar refractivity (Wildman–Crippen MR) is 443 cm³/mol. The fourth-order valence-corrected chi connectivity index (χ4v) is 10.3. The number of carbonyl (C=O) groups is 3. The van der Waals surface area contributed by atoms with E-state index in [9.17, 15) is 19.5 Å². The molecule has 0 aromatic heterocycles. The van der Waals surface area contributed by atoms with E-state index in [4.69, 9.17) is 18.9 Å². The van der Waals surface area contributed by atoms with Gasteiger partial charge in [0.15, 0.2) is 12.4 Å². The number of ether oxygens (including phenoxy) is 4. The zero-order valence-corrected chi connectivity index (χ0v) is 65.8. The summed E-state index contributed by atoms with van der Waals surface area (Å²) in [6.07, 6.45) is 126. The van der Waals surface area contributed by atoms with Gasteiger partial charge >= 0.3 is 11.9 Å². The number of nitrogens with zero attached hydrogens (tertiary/aromatic N) is 1. The fourth-order valence-electron chi connectivity index (χ4n) is 10.3. The number of aliphatic carboxylic acids is 1. The summed E-state index contributed by atoms with van der Waals surface area (Å²) in [5.41, 5.74) is 0. The third kappa shape index (κ3) is 82.5. The molecule has 0 amide bonds. The number of esters is 2. The number of unbranched alkanes of at least 4 members (excludes halogenated alkanes) is 19. The topological polar surface area (TPSA) is 111 Å². The maximum absolute atomic E-state index is 13.0. The number of hydrogen-bond acceptors (Lipinski definition) is 8. The number of carboxylic acids is 1. The summed E-state index contributed by atoms with van der Waals surface area (Å²) in [5, 5.41) is 11.9. The van der Waals surface area contributed by atoms with Crippen molar-refractivity contribution in [2.45, 2.75) is 296 Å². The molecule has 0 aromatic rings. The number of carboxylic acid groups (broad SMARTS) is 1. The van der Waals surface area contributed by atoms with Crippen LogP contribution in [0.3, 0.4) is 0 Å². The van der Waals surface area contributed by atoms with Gasteiger partial charge in [0.2, 0.25) is 0 Å². The summed E-state index contributed by atoms with van der Waals surface area (Å²) in [6, 6.07) is 0. The Kier molecular flexibility index (Phi) is 75.8. The fraction of sp³-hybridized carbons (Fsp3) is 0.564. The molecule has 0 aliphatic heterocycles. The third-order valence-electron chi connectivity index (χ3n) is 16.4. The number of quaternary nitrogens is 1. The van der Waals surface area contributed by atoms with E-state index in [1.807, 2.05) is 21.1 Å². The SMILES string of the molecule is CC/C=C\C/C=C\C/C=C\C/C=C\C/C=C\C/C=C\C/C=C\C/C=C\C/C=C\C/C=C\CCCCCCCCCCC(=O)OC(COC(=O)CCCCCCCCCCCCC/C=C\C/C=C\C/C=C\C/C=C\C/C=C\C/C=C\C/C=C\C/C=C\C/C=C\CC)COC(OCC[N+](C)(C)C)C(=O)[O-]. The van der Waals surface area contributed by atoms with Gasteiger partial charge in [0.25, 0.3) is 0 Å². The molecule has 0 heterocycles. The molecule has 0 aliphatic carbocycles. The molecule has 0 N–H and O–H groups in total. The zero-order chi connectivity index (χ0) is 74.6. The van der Waals surface area contributed by atoms with Crippen LogP contribution < -0.4 is 5.11 Å². The first-order chi connectivity index (χ1) is 50.6. The smallest absolute Gasteiger partial charge is 0.306 e. The maximum atomic E-state index is 13.0. The Morgan fingerprint density at radius 1 is 0.291 bits per heavy atom. The summed E-state index contributed by atoms with van der Waals surface area (Å²) >= 11 is 0. The minimum Gasteiger partial charge on any atom is -0.545 e. The summed E-state index contributed by atoms with van der Waals surface area (Å²) in [6.45, 7) is 4.49. The molecule has 9 heteroatoms. The van der Waals surface area contributed by atoms with E-state index in [-0.39, 0.29) is 38.6 Å². The van der Waals surface area contributed by atoms with Crippen molar-refractivity contribution >= 4 is 17.9 Å². The molecule has 2 unspecified atom stereocenters. The van der Waals surface area contributed by atoms with E-state index in [1.165, 1.54) is 70.6 Å². The highest BCUT2D eigenvalue weighted by molar-refractivity contribution is 5.70. The highest BCUT2D eigenvalue weighted by Crippen LogP contribution is 2.16. The van der Waals surface area contributed by atoms with Gasteiger partial charge in [-0.3, -0.25) is 9.59 Å². The van der Waals surface area contributed by atoms with E-state index >= 15 is 0 Å². The van der Waals surface area contributed by atoms with Gasteiger partial charge < -0.3 is 33.3 Å². The second-order valence-electron chi connectivity index (χ2n) is 27.2. The first kappa shape index (κ1) is 96.4. The molecule has 0 rings (SSSR count). The molecular weight excluding hydrogens is 1270 g/mol. The minimum atomic E-state index is -1.64. The van der Waals surface area contributed by atoms with E-state index in [2.05, 4.69) is 245 Å². The van der Waals surface area contributed by atoms with Gasteiger partial charge in [-0.15, -0.1) is 0 Å². The van der Waals surface area contributed by atoms with Crippen LogP contribution >= 0.6 is 0 Å². The zero-order valence-electron chi connectivity index (χ0n) is 65.8. The highest BCUT2D eigenvalue weighted by Gasteiger charge is 2.22. The largest absolute Gasteiger partial charge is 0.545 e. The number of rotatable bonds is 72. The van der Waals surface area contributed by atoms with Crippen LogP contribution in [0.1, 0.15) is 284 Å². The van der Waals surface area contributed by atoms with Crippen molar-refractivity contribution in [3.8, 4) is 0 Å². The standard InChI is InChI=1S/C94H147NO8/c1-6-8-10-12-14-16-18-20-22-24-26-28-30-32-34-36-38-40-42-44-46-48-50-52-54-56-58-60-62-64-66-68-70-72-74-76-78-80-82-84-91(96)101-88-90(89-102-94(93(98)99)100-87-86-95(3,4)5)103-92(97)85-83-81-79-77-75-73-71-69-67-65-63-61-59-57-55-53-51-49-47-45-43-41-39-37-35-33-31-29-27-25-23-21-19-17-15-13-11-9-7-2/h8-11,14-17,20-23,26-29,32-35,38-41,44-47,50-53,56-59,63,65,90,94H,6-7,12-13,18-19,24-25,30-31,36-37,42-43,48-49,54-55,60-62,64,66-89H2,1-5H3/b10-8-,11-9-,16-14-,17-15-,22-20-,23-21-,28-26-,29-27-,34-32-,35-33-,40-38-,41-39-,46-44-,47-45-,52-50-,53-51-,58-56-,59-57-,65-63-. The molecule has 0 bridgehead atoms. The lowest BCUT2D eigenvalue weighted by Gasteiger charge is -2.26. The lowest BCUT2D eigenvalue weighted by molar-refractivity contribution is -0.870. The first-order valence-electron chi connectivity index (χ1n) is 40.5. The minimum absolute atomic E-state index is 0.134. The number of likely N-dealkylation sites (N-methyl/N-ethyl adjacent to an activating group) is 1. The normalized spacial score (nSPS) is 13.9. The van der Waals surface area contributed by atoms with E-state index in [0.717, 1.165) is 180 Å². The third-order valence-corrected chi connectivity index (χ3v) is 16.4. The van der Waals surface area contributed by atoms with Gasteiger partial charge in [-0.25, -0.2) is 0 Å². The van der Waals surface area contributed by atoms with Crippen molar-refractivity contribution in [3.63, 3.8) is 0 Å². The van der Waals surface area contributed by atoms with Gasteiger partial charge in [-0.1, -0.05) is 341 Å². The van der Waals surface area contributed by atoms with Crippen LogP contribution in [0, 0.1) is 0 Å². The molecule has 2 atom stereocenters. The predicted octanol–water partition coefficient (Wildman–Crippen LogP) is 25.2. The molecule has 0 radical (unpaired) electrons. The lowest BCUT2D eigenvalue weighted by Crippen LogP contribution is -2.44. The van der Waals surface area contributed by atoms with Crippen LogP contribution in [-0.2, 0) is 33.3 Å². The van der Waals surface area contributed by atoms with Crippen LogP contribution in [-0.4, -0.2) is 82.3 Å². The molecule has 0 aromatic carbocycles. The van der Waals surface area contributed by atoms with Crippen molar-refractivity contribution in [1.29, 1.82) is 0 Å². The number of hydrogen-bond donors (Lipinski definition) is 0. The lowest BCUT2D eigenvalue weighted by atomic mass is 10.0. The van der Waals surface area contributed by atoms with Crippen molar-refractivity contribution in [2.24, 2.45) is 0 Å². The monoisotopic (exact) mass is 1420 g/mol. The average molecular weight is 1420 g/mol. The Hall–Kier alpha value is -6.65. The van der Waals surface area contributed by atoms with Crippen LogP contribution in [0.25, 0.3) is 0 Å². The van der Waals surface area contributed by atoms with Crippen molar-refractivity contribution in [2.75, 3.05) is 47.5 Å². The number of allylic oxidation sites excluding steroid dienone is 38. The molecule has 0 fully saturated rings. The van der Waals surface area contributed by atoms with E-state index < -0.39 is 24.3 Å². The van der Waals surface area contributed by atoms with Gasteiger partial charge in [0.1, 0.15) is 13.2 Å². The summed E-state index contributed by atoms with van der Waals surface area (Å²) in [7, 11) is 5.92. The van der Waals surface area contributed by atoms with E-state index in [1.54, 1.807) is 0 Å². The van der Waals surface area contributed by atoms with Crippen molar-refractivity contribution < 1.29 is 42.9 Å². The molecule has 0 spiro atoms. The Labute approximate surface area is 631 Å². The van der Waals surface area contributed by atoms with Gasteiger partial charge in [0, 0.05) is 12.8 Å². The van der Waals surface area contributed by atoms with Crippen LogP contribution in [0.4, 0.5) is 0 Å². The summed E-state index contributed by atoms with van der Waals surface area (Å²) in [5.74, 6) is -2.32. The van der Waals surface area contributed by atoms with E-state index in [0.29, 0.717) is 17.4 Å². The van der Waals surface area contributed by atoms with Gasteiger partial charge in [-0.2, -0.15) is 0 Å². The van der Waals surface area contributed by atoms with Crippen LogP contribution in [0.2, 0.25) is 0 Å².